The van der Waals surface area contributed by atoms with Crippen LogP contribution in [0, 0.1) is 0 Å². The van der Waals surface area contributed by atoms with Gasteiger partial charge in [-0.15, -0.1) is 0 Å². The third-order valence-corrected chi connectivity index (χ3v) is 3.60. The van der Waals surface area contributed by atoms with Gasteiger partial charge in [0.25, 0.3) is 0 Å². The highest BCUT2D eigenvalue weighted by molar-refractivity contribution is 6.07. The Morgan fingerprint density at radius 1 is 1.17 bits per heavy atom. The number of aromatic nitrogens is 2. The average molecular weight is 320 g/mol. The van der Waals surface area contributed by atoms with Crippen LogP contribution in [0.2, 0.25) is 0 Å². The molecule has 0 aliphatic heterocycles. The molecule has 0 unspecified atom stereocenters. The zero-order chi connectivity index (χ0) is 16.9. The molecule has 0 atom stereocenters. The van der Waals surface area contributed by atoms with E-state index in [1.165, 1.54) is 10.6 Å². The van der Waals surface area contributed by atoms with E-state index >= 15 is 0 Å². The maximum Gasteiger partial charge on any atom is 0.330 e. The fourth-order valence-corrected chi connectivity index (χ4v) is 2.32. The number of hydrogen-bond donors (Lipinski definition) is 1. The van der Waals surface area contributed by atoms with Gasteiger partial charge in [0.15, 0.2) is 5.78 Å². The lowest BCUT2D eigenvalue weighted by Gasteiger charge is -2.03. The molecule has 0 aliphatic carbocycles. The number of imidazole rings is 1. The minimum Gasteiger partial charge on any atom is -0.497 e. The van der Waals surface area contributed by atoms with Crippen LogP contribution in [0.5, 0.6) is 5.75 Å². The molecule has 5 nitrogen and oxygen atoms in total. The van der Waals surface area contributed by atoms with Gasteiger partial charge in [0.2, 0.25) is 0 Å². The van der Waals surface area contributed by atoms with Gasteiger partial charge in [-0.25, -0.2) is 4.79 Å². The SMILES string of the molecule is COc1ccc(/C=C/C(=O)c2cccc(-n3cc[nH]c3=O)c2)cc1. The molecule has 0 aliphatic rings. The van der Waals surface area contributed by atoms with Crippen molar-refractivity contribution >= 4 is 11.9 Å². The number of allylic oxidation sites excluding steroid dienone is 1. The zero-order valence-corrected chi connectivity index (χ0v) is 13.1. The number of nitrogens with one attached hydrogen (secondary N) is 1. The van der Waals surface area contributed by atoms with Crippen molar-refractivity contribution in [1.82, 2.24) is 9.55 Å². The van der Waals surface area contributed by atoms with Crippen molar-refractivity contribution < 1.29 is 9.53 Å². The van der Waals surface area contributed by atoms with E-state index in [1.54, 1.807) is 49.8 Å². The molecule has 1 aromatic heterocycles. The van der Waals surface area contributed by atoms with Crippen LogP contribution in [0.25, 0.3) is 11.8 Å². The number of H-pyrrole nitrogens is 1. The van der Waals surface area contributed by atoms with Gasteiger partial charge >= 0.3 is 5.69 Å². The lowest BCUT2D eigenvalue weighted by Crippen LogP contribution is -2.14. The summed E-state index contributed by atoms with van der Waals surface area (Å²) in [5.74, 6) is 0.638. The summed E-state index contributed by atoms with van der Waals surface area (Å²) in [5, 5.41) is 0. The number of nitrogens with zero attached hydrogens (tertiary/aromatic N) is 1. The summed E-state index contributed by atoms with van der Waals surface area (Å²) in [6, 6.07) is 14.4. The van der Waals surface area contributed by atoms with E-state index in [4.69, 9.17) is 4.74 Å². The van der Waals surface area contributed by atoms with Crippen LogP contribution in [-0.4, -0.2) is 22.4 Å². The molecule has 1 heterocycles. The Hall–Kier alpha value is -3.34. The monoisotopic (exact) mass is 320 g/mol. The van der Waals surface area contributed by atoms with E-state index in [1.807, 2.05) is 24.3 Å². The lowest BCUT2D eigenvalue weighted by atomic mass is 10.1. The van der Waals surface area contributed by atoms with E-state index in [0.717, 1.165) is 11.3 Å². The van der Waals surface area contributed by atoms with Crippen molar-refractivity contribution in [3.63, 3.8) is 0 Å². The van der Waals surface area contributed by atoms with Crippen LogP contribution in [0.15, 0.2) is 71.8 Å². The zero-order valence-electron chi connectivity index (χ0n) is 13.1. The van der Waals surface area contributed by atoms with Crippen molar-refractivity contribution in [3.8, 4) is 11.4 Å². The Morgan fingerprint density at radius 3 is 2.62 bits per heavy atom. The van der Waals surface area contributed by atoms with Crippen LogP contribution in [0.1, 0.15) is 15.9 Å². The molecule has 24 heavy (non-hydrogen) atoms. The van der Waals surface area contributed by atoms with Gasteiger partial charge < -0.3 is 9.72 Å². The van der Waals surface area contributed by atoms with E-state index in [-0.39, 0.29) is 11.5 Å². The van der Waals surface area contributed by atoms with Crippen molar-refractivity contribution in [2.24, 2.45) is 0 Å². The molecule has 2 aromatic carbocycles. The Kier molecular flexibility index (Phi) is 4.43. The summed E-state index contributed by atoms with van der Waals surface area (Å²) in [6.07, 6.45) is 6.44. The lowest BCUT2D eigenvalue weighted by molar-refractivity contribution is 0.104. The third kappa shape index (κ3) is 3.35. The quantitative estimate of drug-likeness (QED) is 0.580. The van der Waals surface area contributed by atoms with Crippen LogP contribution in [-0.2, 0) is 0 Å². The van der Waals surface area contributed by atoms with Gasteiger partial charge in [0, 0.05) is 18.0 Å². The molecule has 120 valence electrons. The van der Waals surface area contributed by atoms with Gasteiger partial charge in [-0.3, -0.25) is 9.36 Å². The number of hydrogen-bond acceptors (Lipinski definition) is 3. The van der Waals surface area contributed by atoms with E-state index in [2.05, 4.69) is 4.98 Å². The second kappa shape index (κ2) is 6.83. The Bertz CT molecular complexity index is 934. The first-order chi connectivity index (χ1) is 11.7. The summed E-state index contributed by atoms with van der Waals surface area (Å²) in [4.78, 5) is 26.6. The molecule has 0 bridgehead atoms. The second-order valence-corrected chi connectivity index (χ2v) is 5.16. The van der Waals surface area contributed by atoms with Crippen LogP contribution in [0.4, 0.5) is 0 Å². The highest BCUT2D eigenvalue weighted by Gasteiger charge is 2.05. The van der Waals surface area contributed by atoms with Crippen molar-refractivity contribution in [1.29, 1.82) is 0 Å². The predicted octanol–water partition coefficient (Wildman–Crippen LogP) is 3.07. The largest absolute Gasteiger partial charge is 0.497 e. The summed E-state index contributed by atoms with van der Waals surface area (Å²) in [5.41, 5.74) is 1.82. The number of carbonyl (C=O) groups is 1. The third-order valence-electron chi connectivity index (χ3n) is 3.60. The van der Waals surface area contributed by atoms with Crippen LogP contribution in [0.3, 0.4) is 0 Å². The first kappa shape index (κ1) is 15.6. The Labute approximate surface area is 138 Å². The molecule has 5 heteroatoms. The number of benzene rings is 2. The normalized spacial score (nSPS) is 10.9. The summed E-state index contributed by atoms with van der Waals surface area (Å²) >= 11 is 0. The summed E-state index contributed by atoms with van der Waals surface area (Å²) in [7, 11) is 1.61. The highest BCUT2D eigenvalue weighted by Crippen LogP contribution is 2.14. The molecular formula is C19H16N2O3. The average Bonchev–Trinajstić information content (AvgIpc) is 3.06. The molecule has 0 spiro atoms. The van der Waals surface area contributed by atoms with Gasteiger partial charge in [0.1, 0.15) is 5.75 Å². The number of ether oxygens (including phenoxy) is 1. The fraction of sp³-hybridized carbons (Fsp3) is 0.0526. The maximum absolute atomic E-state index is 12.3. The molecular weight excluding hydrogens is 304 g/mol. The Morgan fingerprint density at radius 2 is 1.96 bits per heavy atom. The Balaban J connectivity index is 1.81. The molecule has 0 fully saturated rings. The molecule has 0 radical (unpaired) electrons. The maximum atomic E-state index is 12.3. The van der Waals surface area contributed by atoms with Crippen LogP contribution >= 0.6 is 0 Å². The highest BCUT2D eigenvalue weighted by atomic mass is 16.5. The number of rotatable bonds is 5. The number of carbonyl (C=O) groups excluding carboxylic acids is 1. The van der Waals surface area contributed by atoms with Crippen LogP contribution < -0.4 is 10.4 Å². The molecule has 3 aromatic rings. The molecule has 1 N–H and O–H groups in total. The summed E-state index contributed by atoms with van der Waals surface area (Å²) in [6.45, 7) is 0. The standard InChI is InChI=1S/C19H16N2O3/c1-24-17-8-5-14(6-9-17)7-10-18(22)15-3-2-4-16(13-15)21-12-11-20-19(21)23/h2-13H,1H3,(H,20,23)/b10-7+. The second-order valence-electron chi connectivity index (χ2n) is 5.16. The van der Waals surface area contributed by atoms with Crippen molar-refractivity contribution in [2.45, 2.75) is 0 Å². The predicted molar refractivity (Wildman–Crippen MR) is 92.7 cm³/mol. The molecule has 3 rings (SSSR count). The molecule has 0 saturated carbocycles. The number of methoxy groups -OCH3 is 1. The van der Waals surface area contributed by atoms with Gasteiger partial charge in [-0.2, -0.15) is 0 Å². The van der Waals surface area contributed by atoms with Crippen molar-refractivity contribution in [2.75, 3.05) is 7.11 Å². The first-order valence-corrected chi connectivity index (χ1v) is 7.40. The van der Waals surface area contributed by atoms with Gasteiger partial charge in [-0.05, 0) is 35.9 Å². The number of ketones is 1. The number of aromatic amines is 1. The smallest absolute Gasteiger partial charge is 0.330 e. The fourth-order valence-electron chi connectivity index (χ4n) is 2.32. The van der Waals surface area contributed by atoms with Gasteiger partial charge in [0.05, 0.1) is 12.8 Å². The van der Waals surface area contributed by atoms with Gasteiger partial charge in [-0.1, -0.05) is 30.3 Å². The van der Waals surface area contributed by atoms with E-state index < -0.39 is 0 Å². The molecule has 0 saturated heterocycles. The van der Waals surface area contributed by atoms with E-state index in [9.17, 15) is 9.59 Å². The van der Waals surface area contributed by atoms with E-state index in [0.29, 0.717) is 11.3 Å². The first-order valence-electron chi connectivity index (χ1n) is 7.40. The topological polar surface area (TPSA) is 64.1 Å². The minimum atomic E-state index is -0.242. The summed E-state index contributed by atoms with van der Waals surface area (Å²) < 4.78 is 6.55. The minimum absolute atomic E-state index is 0.128. The van der Waals surface area contributed by atoms with Crippen molar-refractivity contribution in [3.05, 3.63) is 88.6 Å². The molecule has 0 amide bonds.